The summed E-state index contributed by atoms with van der Waals surface area (Å²) in [4.78, 5) is 18.5. The van der Waals surface area contributed by atoms with Gasteiger partial charge >= 0.3 is 16.4 Å². The summed E-state index contributed by atoms with van der Waals surface area (Å²) in [6.07, 6.45) is 3.34. The average Bonchev–Trinajstić information content (AvgIpc) is 3.14. The molecule has 1 atom stereocenters. The highest BCUT2D eigenvalue weighted by Crippen LogP contribution is 2.27. The molecule has 3 N–H and O–H groups in total. The Morgan fingerprint density at radius 3 is 3.00 bits per heavy atom. The van der Waals surface area contributed by atoms with Crippen LogP contribution in [0.15, 0.2) is 23.5 Å². The highest BCUT2D eigenvalue weighted by Gasteiger charge is 2.43. The van der Waals surface area contributed by atoms with E-state index in [1.54, 1.807) is 29.9 Å². The fraction of sp³-hybridized carbons (Fsp3) is 0.462. The molecular weight excluding hydrogens is 368 g/mol. The van der Waals surface area contributed by atoms with Gasteiger partial charge in [-0.05, 0) is 19.1 Å². The van der Waals surface area contributed by atoms with Crippen molar-refractivity contribution < 1.29 is 26.9 Å². The molecule has 0 aliphatic carbocycles. The van der Waals surface area contributed by atoms with Crippen LogP contribution >= 0.6 is 0 Å². The number of nitrogens with zero attached hydrogens (tertiary/aromatic N) is 5. The average molecular weight is 386 g/mol. The summed E-state index contributed by atoms with van der Waals surface area (Å²) in [6.45, 7) is 2.84. The van der Waals surface area contributed by atoms with Crippen LogP contribution < -0.4 is 5.73 Å². The Morgan fingerprint density at radius 1 is 1.54 bits per heavy atom. The fourth-order valence-corrected chi connectivity index (χ4v) is 3.02. The molecule has 0 saturated carbocycles. The number of aromatic nitrogens is 2. The summed E-state index contributed by atoms with van der Waals surface area (Å²) in [6, 6.07) is 0.411. The molecule has 1 fully saturated rings. The number of hydroxylamine groups is 2. The Kier molecular flexibility index (Phi) is 4.95. The molecule has 12 nitrogen and oxygen atoms in total. The highest BCUT2D eigenvalue weighted by atomic mass is 32.3. The molecule has 1 aromatic heterocycles. The molecular formula is C13H18N6O6S. The van der Waals surface area contributed by atoms with Crippen LogP contribution in [0.25, 0.3) is 5.70 Å². The van der Waals surface area contributed by atoms with Crippen molar-refractivity contribution in [3.05, 3.63) is 24.0 Å². The maximum Gasteiger partial charge on any atom is 0.418 e. The van der Waals surface area contributed by atoms with Gasteiger partial charge in [-0.15, -0.1) is 4.28 Å². The second-order valence-electron chi connectivity index (χ2n) is 5.66. The SMILES string of the molecule is C/C(=N\OCCN)c1ccn(C2=CC3CN(C2)C(=O)N3OS(=O)(=O)O)n1. The van der Waals surface area contributed by atoms with Gasteiger partial charge in [0.1, 0.15) is 24.1 Å². The molecule has 26 heavy (non-hydrogen) atoms. The smallest absolute Gasteiger partial charge is 0.394 e. The molecule has 2 aliphatic heterocycles. The number of urea groups is 1. The summed E-state index contributed by atoms with van der Waals surface area (Å²) < 4.78 is 36.5. The lowest BCUT2D eigenvalue weighted by Gasteiger charge is -2.21. The number of amides is 2. The highest BCUT2D eigenvalue weighted by molar-refractivity contribution is 7.80. The zero-order chi connectivity index (χ0) is 18.9. The van der Waals surface area contributed by atoms with Gasteiger partial charge in [-0.1, -0.05) is 5.16 Å². The van der Waals surface area contributed by atoms with E-state index in [2.05, 4.69) is 14.5 Å². The van der Waals surface area contributed by atoms with Crippen LogP contribution in [0, 0.1) is 0 Å². The van der Waals surface area contributed by atoms with Crippen molar-refractivity contribution >= 4 is 27.8 Å². The second-order valence-corrected chi connectivity index (χ2v) is 6.67. The summed E-state index contributed by atoms with van der Waals surface area (Å²) in [5.74, 6) is 0. The first-order valence-corrected chi connectivity index (χ1v) is 9.04. The van der Waals surface area contributed by atoms with Gasteiger partial charge in [0.15, 0.2) is 0 Å². The summed E-state index contributed by atoms with van der Waals surface area (Å²) in [7, 11) is -4.79. The van der Waals surface area contributed by atoms with Crippen LogP contribution in [0.2, 0.25) is 0 Å². The lowest BCUT2D eigenvalue weighted by Crippen LogP contribution is -2.35. The molecule has 3 heterocycles. The van der Waals surface area contributed by atoms with Crippen LogP contribution in [0.5, 0.6) is 0 Å². The molecule has 2 bridgehead atoms. The first-order chi connectivity index (χ1) is 12.3. The lowest BCUT2D eigenvalue weighted by molar-refractivity contribution is -0.0183. The predicted molar refractivity (Wildman–Crippen MR) is 88.9 cm³/mol. The Morgan fingerprint density at radius 2 is 2.31 bits per heavy atom. The Labute approximate surface area is 149 Å². The minimum absolute atomic E-state index is 0.210. The molecule has 0 aromatic carbocycles. The summed E-state index contributed by atoms with van der Waals surface area (Å²) >= 11 is 0. The molecule has 1 aromatic rings. The van der Waals surface area contributed by atoms with Gasteiger partial charge in [0.2, 0.25) is 0 Å². The number of nitrogens with two attached hydrogens (primary N) is 1. The van der Waals surface area contributed by atoms with E-state index in [0.717, 1.165) is 0 Å². The number of carbonyl (C=O) groups excluding carboxylic acids is 1. The predicted octanol–water partition coefficient (Wildman–Crippen LogP) is -0.722. The Balaban J connectivity index is 1.78. The van der Waals surface area contributed by atoms with Crippen molar-refractivity contribution in [3.8, 4) is 0 Å². The van der Waals surface area contributed by atoms with Crippen LogP contribution in [-0.2, 0) is 19.5 Å². The van der Waals surface area contributed by atoms with Crippen molar-refractivity contribution in [2.24, 2.45) is 10.9 Å². The monoisotopic (exact) mass is 386 g/mol. The van der Waals surface area contributed by atoms with Crippen LogP contribution in [0.1, 0.15) is 12.6 Å². The molecule has 142 valence electrons. The van der Waals surface area contributed by atoms with E-state index in [1.807, 2.05) is 0 Å². The Hall–Kier alpha value is -2.48. The molecule has 13 heteroatoms. The quantitative estimate of drug-likeness (QED) is 0.269. The molecule has 1 unspecified atom stereocenters. The third-order valence-corrected chi connectivity index (χ3v) is 4.09. The van der Waals surface area contributed by atoms with Crippen molar-refractivity contribution in [1.29, 1.82) is 0 Å². The van der Waals surface area contributed by atoms with E-state index in [0.29, 0.717) is 35.3 Å². The summed E-state index contributed by atoms with van der Waals surface area (Å²) in [5, 5.41) is 8.90. The van der Waals surface area contributed by atoms with Gasteiger partial charge < -0.3 is 15.5 Å². The number of carbonyl (C=O) groups is 1. The minimum Gasteiger partial charge on any atom is -0.394 e. The van der Waals surface area contributed by atoms with Crippen LogP contribution in [-0.4, -0.2) is 76.7 Å². The zero-order valence-corrected chi connectivity index (χ0v) is 14.7. The topological polar surface area (TPSA) is 153 Å². The van der Waals surface area contributed by atoms with Gasteiger partial charge in [0, 0.05) is 19.3 Å². The van der Waals surface area contributed by atoms with Gasteiger partial charge in [-0.3, -0.25) is 4.55 Å². The van der Waals surface area contributed by atoms with Crippen molar-refractivity contribution in [3.63, 3.8) is 0 Å². The maximum absolute atomic E-state index is 12.1. The molecule has 2 amide bonds. The van der Waals surface area contributed by atoms with E-state index < -0.39 is 22.5 Å². The van der Waals surface area contributed by atoms with E-state index in [-0.39, 0.29) is 13.1 Å². The largest absolute Gasteiger partial charge is 0.418 e. The number of rotatable bonds is 7. The zero-order valence-electron chi connectivity index (χ0n) is 13.8. The number of oxime groups is 1. The number of hydrogen-bond acceptors (Lipinski definition) is 8. The van der Waals surface area contributed by atoms with E-state index in [9.17, 15) is 13.2 Å². The Bertz CT molecular complexity index is 862. The molecule has 0 spiro atoms. The van der Waals surface area contributed by atoms with Crippen molar-refractivity contribution in [2.75, 3.05) is 26.2 Å². The van der Waals surface area contributed by atoms with Gasteiger partial charge in [-0.2, -0.15) is 18.6 Å². The lowest BCUT2D eigenvalue weighted by atomic mass is 10.2. The molecule has 3 rings (SSSR count). The fourth-order valence-electron chi connectivity index (χ4n) is 2.64. The first kappa shape index (κ1) is 18.3. The molecule has 2 aliphatic rings. The third-order valence-electron chi connectivity index (χ3n) is 3.74. The normalized spacial score (nSPS) is 20.6. The maximum atomic E-state index is 12.1. The van der Waals surface area contributed by atoms with Crippen molar-refractivity contribution in [1.82, 2.24) is 19.7 Å². The standard InChI is InChI=1S/C13H18N6O6S/c1-9(16-24-5-3-14)12-2-4-18(15-12)10-6-11-8-17(7-10)13(20)19(11)25-26(21,22)23/h2,4,6,11H,3,5,7-8,14H2,1H3,(H,21,22,23)/b16-9+. The number of hydrogen-bond donors (Lipinski definition) is 2. The van der Waals surface area contributed by atoms with Crippen LogP contribution in [0.4, 0.5) is 4.79 Å². The van der Waals surface area contributed by atoms with Gasteiger partial charge in [0.05, 0.1) is 12.2 Å². The van der Waals surface area contributed by atoms with E-state index >= 15 is 0 Å². The van der Waals surface area contributed by atoms with Gasteiger partial charge in [-0.25, -0.2) is 9.48 Å². The second kappa shape index (κ2) is 7.03. The van der Waals surface area contributed by atoms with E-state index in [4.69, 9.17) is 15.1 Å². The van der Waals surface area contributed by atoms with Crippen molar-refractivity contribution in [2.45, 2.75) is 13.0 Å². The third kappa shape index (κ3) is 3.85. The summed E-state index contributed by atoms with van der Waals surface area (Å²) in [5.41, 5.74) is 7.11. The molecule has 0 radical (unpaired) electrons. The van der Waals surface area contributed by atoms with E-state index in [1.165, 1.54) is 4.90 Å². The number of fused-ring (bicyclic) bond motifs is 2. The molecule has 1 saturated heterocycles. The first-order valence-electron chi connectivity index (χ1n) is 7.67. The van der Waals surface area contributed by atoms with Crippen LogP contribution in [0.3, 0.4) is 0 Å². The minimum atomic E-state index is -4.79. The van der Waals surface area contributed by atoms with Gasteiger partial charge in [0.25, 0.3) is 0 Å².